The van der Waals surface area contributed by atoms with Gasteiger partial charge in [0.05, 0.1) is 11.7 Å². The first-order valence-electron chi connectivity index (χ1n) is 8.63. The maximum absolute atomic E-state index is 12.7. The lowest BCUT2D eigenvalue weighted by molar-refractivity contribution is -0.123. The van der Waals surface area contributed by atoms with Crippen molar-refractivity contribution in [1.29, 1.82) is 0 Å². The van der Waals surface area contributed by atoms with Crippen LogP contribution in [0.2, 0.25) is 0 Å². The number of thiophene rings is 1. The van der Waals surface area contributed by atoms with Crippen molar-refractivity contribution in [1.82, 2.24) is 14.9 Å². The highest BCUT2D eigenvalue weighted by Gasteiger charge is 2.28. The van der Waals surface area contributed by atoms with Crippen LogP contribution in [0.1, 0.15) is 43.6 Å². The van der Waals surface area contributed by atoms with Crippen molar-refractivity contribution >= 4 is 27.5 Å². The second-order valence-electron chi connectivity index (χ2n) is 7.08. The molecule has 1 aliphatic rings. The van der Waals surface area contributed by atoms with Crippen LogP contribution in [0.15, 0.2) is 11.1 Å². The van der Waals surface area contributed by atoms with Crippen molar-refractivity contribution in [2.24, 2.45) is 11.8 Å². The molecule has 5 nitrogen and oxygen atoms in total. The van der Waals surface area contributed by atoms with Crippen molar-refractivity contribution in [3.63, 3.8) is 0 Å². The number of aryl methyl sites for hydroxylation is 2. The molecule has 1 amide bonds. The van der Waals surface area contributed by atoms with Crippen LogP contribution < -0.4 is 10.9 Å². The molecule has 1 aliphatic carbocycles. The fourth-order valence-corrected chi connectivity index (χ4v) is 4.56. The van der Waals surface area contributed by atoms with Gasteiger partial charge in [0.15, 0.2) is 0 Å². The Morgan fingerprint density at radius 1 is 1.38 bits per heavy atom. The van der Waals surface area contributed by atoms with Crippen LogP contribution in [0, 0.1) is 25.7 Å². The number of carbonyl (C=O) groups is 1. The van der Waals surface area contributed by atoms with E-state index < -0.39 is 0 Å². The number of fused-ring (bicyclic) bond motifs is 1. The van der Waals surface area contributed by atoms with Gasteiger partial charge in [-0.3, -0.25) is 14.2 Å². The van der Waals surface area contributed by atoms with Gasteiger partial charge in [-0.25, -0.2) is 4.98 Å². The molecule has 130 valence electrons. The van der Waals surface area contributed by atoms with Gasteiger partial charge >= 0.3 is 0 Å². The Morgan fingerprint density at radius 3 is 2.88 bits per heavy atom. The molecule has 1 saturated carbocycles. The van der Waals surface area contributed by atoms with Crippen LogP contribution in [0.5, 0.6) is 0 Å². The molecule has 3 rings (SSSR count). The highest BCUT2D eigenvalue weighted by molar-refractivity contribution is 7.18. The van der Waals surface area contributed by atoms with E-state index >= 15 is 0 Å². The Kier molecular flexibility index (Phi) is 4.76. The van der Waals surface area contributed by atoms with E-state index in [4.69, 9.17) is 0 Å². The summed E-state index contributed by atoms with van der Waals surface area (Å²) >= 11 is 1.52. The van der Waals surface area contributed by atoms with Crippen molar-refractivity contribution < 1.29 is 4.79 Å². The zero-order valence-corrected chi connectivity index (χ0v) is 15.6. The molecule has 6 heteroatoms. The number of nitrogens with one attached hydrogen (secondary N) is 1. The number of carbonyl (C=O) groups excluding carboxylic acids is 1. The summed E-state index contributed by atoms with van der Waals surface area (Å²) in [6, 6.07) is 0.207. The van der Waals surface area contributed by atoms with Gasteiger partial charge in [-0.05, 0) is 37.7 Å². The molecule has 0 radical (unpaired) electrons. The molecule has 1 N–H and O–H groups in total. The van der Waals surface area contributed by atoms with Crippen molar-refractivity contribution in [3.05, 3.63) is 27.1 Å². The van der Waals surface area contributed by atoms with Crippen LogP contribution in [-0.2, 0) is 11.3 Å². The summed E-state index contributed by atoms with van der Waals surface area (Å²) in [6.07, 6.45) is 4.89. The summed E-state index contributed by atoms with van der Waals surface area (Å²) in [7, 11) is 0. The SMILES string of the molecule is Cc1sc2ncn(CC(=O)N[C@@H]3CCC[C@@H](C)[C@@H]3C)c(=O)c2c1C. The first kappa shape index (κ1) is 17.1. The Labute approximate surface area is 146 Å². The number of hydrogen-bond acceptors (Lipinski definition) is 4. The Balaban J connectivity index is 1.77. The lowest BCUT2D eigenvalue weighted by atomic mass is 9.78. The van der Waals surface area contributed by atoms with E-state index in [9.17, 15) is 9.59 Å². The van der Waals surface area contributed by atoms with Gasteiger partial charge in [0.1, 0.15) is 11.4 Å². The molecule has 3 atom stereocenters. The minimum Gasteiger partial charge on any atom is -0.352 e. The molecule has 0 unspecified atom stereocenters. The van der Waals surface area contributed by atoms with Gasteiger partial charge in [0, 0.05) is 10.9 Å². The molecule has 1 fully saturated rings. The van der Waals surface area contributed by atoms with Gasteiger partial charge in [-0.15, -0.1) is 11.3 Å². The summed E-state index contributed by atoms with van der Waals surface area (Å²) in [5, 5.41) is 3.76. The second kappa shape index (κ2) is 6.67. The quantitative estimate of drug-likeness (QED) is 0.928. The molecule has 2 aromatic rings. The third kappa shape index (κ3) is 3.11. The van der Waals surface area contributed by atoms with E-state index in [-0.39, 0.29) is 24.1 Å². The third-order valence-electron chi connectivity index (χ3n) is 5.52. The number of hydrogen-bond donors (Lipinski definition) is 1. The lowest BCUT2D eigenvalue weighted by Crippen LogP contribution is -2.45. The van der Waals surface area contributed by atoms with E-state index in [2.05, 4.69) is 24.1 Å². The van der Waals surface area contributed by atoms with Crippen LogP contribution >= 0.6 is 11.3 Å². The number of amides is 1. The van der Waals surface area contributed by atoms with Gasteiger partial charge < -0.3 is 5.32 Å². The summed E-state index contributed by atoms with van der Waals surface area (Å²) < 4.78 is 1.42. The van der Waals surface area contributed by atoms with E-state index in [1.807, 2.05) is 13.8 Å². The Bertz CT molecular complexity index is 824. The van der Waals surface area contributed by atoms with Gasteiger partial charge in [-0.2, -0.15) is 0 Å². The fraction of sp³-hybridized carbons (Fsp3) is 0.611. The summed E-state index contributed by atoms with van der Waals surface area (Å²) in [5.74, 6) is 0.997. The predicted molar refractivity (Wildman–Crippen MR) is 97.5 cm³/mol. The van der Waals surface area contributed by atoms with Crippen LogP contribution in [0.4, 0.5) is 0 Å². The largest absolute Gasteiger partial charge is 0.352 e. The zero-order valence-electron chi connectivity index (χ0n) is 14.8. The lowest BCUT2D eigenvalue weighted by Gasteiger charge is -2.34. The average molecular weight is 347 g/mol. The summed E-state index contributed by atoms with van der Waals surface area (Å²) in [6.45, 7) is 8.41. The highest BCUT2D eigenvalue weighted by Crippen LogP contribution is 2.29. The maximum atomic E-state index is 12.7. The van der Waals surface area contributed by atoms with Gasteiger partial charge in [-0.1, -0.05) is 26.7 Å². The Morgan fingerprint density at radius 2 is 2.12 bits per heavy atom. The molecule has 0 saturated heterocycles. The first-order chi connectivity index (χ1) is 11.4. The summed E-state index contributed by atoms with van der Waals surface area (Å²) in [4.78, 5) is 31.3. The molecule has 0 aromatic carbocycles. The monoisotopic (exact) mass is 347 g/mol. The average Bonchev–Trinajstić information content (AvgIpc) is 2.82. The molecule has 0 spiro atoms. The fourth-order valence-electron chi connectivity index (χ4n) is 3.58. The normalized spacial score (nSPS) is 24.2. The zero-order chi connectivity index (χ0) is 17.4. The van der Waals surface area contributed by atoms with Crippen LogP contribution in [0.3, 0.4) is 0 Å². The molecule has 2 heterocycles. The highest BCUT2D eigenvalue weighted by atomic mass is 32.1. The second-order valence-corrected chi connectivity index (χ2v) is 8.29. The van der Waals surface area contributed by atoms with Crippen LogP contribution in [-0.4, -0.2) is 21.5 Å². The molecule has 24 heavy (non-hydrogen) atoms. The van der Waals surface area contributed by atoms with E-state index in [1.54, 1.807) is 0 Å². The Hall–Kier alpha value is -1.69. The van der Waals surface area contributed by atoms with Gasteiger partial charge in [0.25, 0.3) is 5.56 Å². The molecular formula is C18H25N3O2S. The smallest absolute Gasteiger partial charge is 0.262 e. The maximum Gasteiger partial charge on any atom is 0.262 e. The molecular weight excluding hydrogens is 322 g/mol. The van der Waals surface area contributed by atoms with Crippen molar-refractivity contribution in [3.8, 4) is 0 Å². The first-order valence-corrected chi connectivity index (χ1v) is 9.44. The minimum absolute atomic E-state index is 0.0354. The standard InChI is InChI=1S/C18H25N3O2S/c1-10-6-5-7-14(11(10)2)20-15(22)8-21-9-19-17-16(18(21)23)12(3)13(4)24-17/h9-11,14H,5-8H2,1-4H3,(H,20,22)/t10-,11+,14-/m1/s1. The van der Waals surface area contributed by atoms with E-state index in [0.29, 0.717) is 17.2 Å². The van der Waals surface area contributed by atoms with E-state index in [0.717, 1.165) is 28.1 Å². The topological polar surface area (TPSA) is 64.0 Å². The number of nitrogens with zero attached hydrogens (tertiary/aromatic N) is 2. The predicted octanol–water partition coefficient (Wildman–Crippen LogP) is 3.02. The number of rotatable bonds is 3. The van der Waals surface area contributed by atoms with Crippen molar-refractivity contribution in [2.45, 2.75) is 59.5 Å². The van der Waals surface area contributed by atoms with Gasteiger partial charge in [0.2, 0.25) is 5.91 Å². The van der Waals surface area contributed by atoms with E-state index in [1.165, 1.54) is 28.7 Å². The number of aromatic nitrogens is 2. The molecule has 0 bridgehead atoms. The van der Waals surface area contributed by atoms with Crippen molar-refractivity contribution in [2.75, 3.05) is 0 Å². The third-order valence-corrected chi connectivity index (χ3v) is 6.64. The summed E-state index contributed by atoms with van der Waals surface area (Å²) in [5.41, 5.74) is 0.846. The minimum atomic E-state index is -0.123. The molecule has 0 aliphatic heterocycles. The molecule has 2 aromatic heterocycles. The van der Waals surface area contributed by atoms with Crippen LogP contribution in [0.25, 0.3) is 10.2 Å².